The fourth-order valence-electron chi connectivity index (χ4n) is 3.32. The summed E-state index contributed by atoms with van der Waals surface area (Å²) in [6, 6.07) is 0.508. The van der Waals surface area contributed by atoms with Crippen LogP contribution in [0.4, 0.5) is 0 Å². The highest BCUT2D eigenvalue weighted by atomic mass is 15.3. The van der Waals surface area contributed by atoms with Gasteiger partial charge >= 0.3 is 0 Å². The number of likely N-dealkylation sites (tertiary alicyclic amines) is 1. The van der Waals surface area contributed by atoms with Crippen molar-refractivity contribution in [1.29, 1.82) is 0 Å². The van der Waals surface area contributed by atoms with Gasteiger partial charge in [0.15, 0.2) is 5.96 Å². The van der Waals surface area contributed by atoms with Crippen molar-refractivity contribution < 1.29 is 0 Å². The number of rotatable bonds is 2. The first-order valence-electron chi connectivity index (χ1n) is 7.75. The van der Waals surface area contributed by atoms with Gasteiger partial charge in [0.1, 0.15) is 0 Å². The summed E-state index contributed by atoms with van der Waals surface area (Å²) >= 11 is 0. The van der Waals surface area contributed by atoms with E-state index in [0.717, 1.165) is 30.9 Å². The van der Waals surface area contributed by atoms with Crippen LogP contribution in [-0.4, -0.2) is 30.0 Å². The molecular weight excluding hydrogens is 222 g/mol. The number of nitrogens with zero attached hydrogens (tertiary/aromatic N) is 2. The Kier molecular flexibility index (Phi) is 4.90. The van der Waals surface area contributed by atoms with E-state index in [-0.39, 0.29) is 0 Å². The number of hydrogen-bond donors (Lipinski definition) is 1. The van der Waals surface area contributed by atoms with Crippen molar-refractivity contribution in [3.05, 3.63) is 0 Å². The van der Waals surface area contributed by atoms with Crippen molar-refractivity contribution in [2.45, 2.75) is 64.8 Å². The maximum atomic E-state index is 6.20. The fourth-order valence-corrected chi connectivity index (χ4v) is 3.32. The number of aliphatic imine (C=N–C) groups is 1. The molecule has 3 heteroatoms. The molecule has 1 saturated carbocycles. The van der Waals surface area contributed by atoms with E-state index in [1.54, 1.807) is 0 Å². The summed E-state index contributed by atoms with van der Waals surface area (Å²) in [4.78, 5) is 7.05. The van der Waals surface area contributed by atoms with E-state index in [2.05, 4.69) is 18.7 Å². The summed E-state index contributed by atoms with van der Waals surface area (Å²) in [6.45, 7) is 6.89. The Morgan fingerprint density at radius 2 is 1.78 bits per heavy atom. The molecule has 0 spiro atoms. The van der Waals surface area contributed by atoms with Crippen molar-refractivity contribution >= 4 is 5.96 Å². The third-order valence-corrected chi connectivity index (χ3v) is 4.68. The quantitative estimate of drug-likeness (QED) is 0.605. The molecule has 18 heavy (non-hydrogen) atoms. The van der Waals surface area contributed by atoms with Crippen LogP contribution in [0.3, 0.4) is 0 Å². The summed E-state index contributed by atoms with van der Waals surface area (Å²) < 4.78 is 0. The molecule has 1 aliphatic carbocycles. The van der Waals surface area contributed by atoms with Gasteiger partial charge < -0.3 is 10.6 Å². The zero-order chi connectivity index (χ0) is 13.0. The van der Waals surface area contributed by atoms with Crippen molar-refractivity contribution in [2.24, 2.45) is 22.6 Å². The van der Waals surface area contributed by atoms with Crippen LogP contribution < -0.4 is 5.73 Å². The van der Waals surface area contributed by atoms with Crippen molar-refractivity contribution in [1.82, 2.24) is 4.90 Å². The van der Waals surface area contributed by atoms with E-state index in [0.29, 0.717) is 6.04 Å². The Bertz CT molecular complexity index is 279. The lowest BCUT2D eigenvalue weighted by Gasteiger charge is -2.23. The molecule has 104 valence electrons. The van der Waals surface area contributed by atoms with E-state index in [9.17, 15) is 0 Å². The van der Waals surface area contributed by atoms with Crippen molar-refractivity contribution in [3.8, 4) is 0 Å². The summed E-state index contributed by atoms with van der Waals surface area (Å²) in [5, 5.41) is 0. The van der Waals surface area contributed by atoms with Crippen molar-refractivity contribution in [2.75, 3.05) is 13.1 Å². The SMILES string of the molecule is CC(C)C1CCCN(C(N)=NC2CCCC2)CC1. The maximum Gasteiger partial charge on any atom is 0.191 e. The van der Waals surface area contributed by atoms with Crippen molar-refractivity contribution in [3.63, 3.8) is 0 Å². The van der Waals surface area contributed by atoms with E-state index >= 15 is 0 Å². The second kappa shape index (κ2) is 6.44. The molecule has 0 aromatic rings. The first kappa shape index (κ1) is 13.7. The van der Waals surface area contributed by atoms with Gasteiger partial charge in [-0.2, -0.15) is 0 Å². The second-order valence-corrected chi connectivity index (χ2v) is 6.35. The van der Waals surface area contributed by atoms with E-state index in [1.807, 2.05) is 0 Å². The predicted octanol–water partition coefficient (Wildman–Crippen LogP) is 3.00. The lowest BCUT2D eigenvalue weighted by Crippen LogP contribution is -2.39. The minimum absolute atomic E-state index is 0.508. The van der Waals surface area contributed by atoms with Gasteiger partial charge in [-0.3, -0.25) is 0 Å². The molecule has 1 aliphatic heterocycles. The zero-order valence-electron chi connectivity index (χ0n) is 12.1. The van der Waals surface area contributed by atoms with E-state index in [1.165, 1.54) is 44.9 Å². The molecule has 2 fully saturated rings. The maximum absolute atomic E-state index is 6.20. The van der Waals surface area contributed by atoms with Crippen LogP contribution in [0.5, 0.6) is 0 Å². The van der Waals surface area contributed by atoms with Crippen LogP contribution in [-0.2, 0) is 0 Å². The molecule has 0 aromatic heterocycles. The first-order chi connectivity index (χ1) is 8.66. The van der Waals surface area contributed by atoms with Gasteiger partial charge in [0.2, 0.25) is 0 Å². The Morgan fingerprint density at radius 3 is 2.44 bits per heavy atom. The minimum atomic E-state index is 0.508. The number of nitrogens with two attached hydrogens (primary N) is 1. The molecule has 0 bridgehead atoms. The molecule has 2 rings (SSSR count). The minimum Gasteiger partial charge on any atom is -0.370 e. The van der Waals surface area contributed by atoms with Crippen LogP contribution in [0, 0.1) is 11.8 Å². The predicted molar refractivity (Wildman–Crippen MR) is 77.6 cm³/mol. The standard InChI is InChI=1S/C15H29N3/c1-12(2)13-6-5-10-18(11-9-13)15(16)17-14-7-3-4-8-14/h12-14H,3-11H2,1-2H3,(H2,16,17). The largest absolute Gasteiger partial charge is 0.370 e. The average molecular weight is 251 g/mol. The molecule has 0 radical (unpaired) electrons. The smallest absolute Gasteiger partial charge is 0.191 e. The second-order valence-electron chi connectivity index (χ2n) is 6.35. The number of guanidine groups is 1. The Balaban J connectivity index is 1.88. The van der Waals surface area contributed by atoms with Gasteiger partial charge in [-0.15, -0.1) is 0 Å². The summed E-state index contributed by atoms with van der Waals surface area (Å²) in [5.74, 6) is 2.48. The van der Waals surface area contributed by atoms with Crippen LogP contribution in [0.15, 0.2) is 4.99 Å². The molecule has 2 N–H and O–H groups in total. The van der Waals surface area contributed by atoms with Crippen LogP contribution in [0.25, 0.3) is 0 Å². The highest BCUT2D eigenvalue weighted by Crippen LogP contribution is 2.25. The third kappa shape index (κ3) is 3.63. The zero-order valence-corrected chi connectivity index (χ0v) is 12.1. The van der Waals surface area contributed by atoms with Gasteiger partial charge in [-0.25, -0.2) is 4.99 Å². The van der Waals surface area contributed by atoms with Crippen LogP contribution in [0.1, 0.15) is 58.8 Å². The van der Waals surface area contributed by atoms with E-state index < -0.39 is 0 Å². The molecule has 0 amide bonds. The molecule has 2 aliphatic rings. The monoisotopic (exact) mass is 251 g/mol. The number of hydrogen-bond acceptors (Lipinski definition) is 1. The van der Waals surface area contributed by atoms with Crippen LogP contribution in [0.2, 0.25) is 0 Å². The summed E-state index contributed by atoms with van der Waals surface area (Å²) in [5.41, 5.74) is 6.20. The highest BCUT2D eigenvalue weighted by molar-refractivity contribution is 5.78. The molecule has 0 aromatic carbocycles. The normalized spacial score (nSPS) is 27.8. The Labute approximate surface area is 112 Å². The fraction of sp³-hybridized carbons (Fsp3) is 0.933. The van der Waals surface area contributed by atoms with Gasteiger partial charge in [0.25, 0.3) is 0 Å². The molecule has 1 heterocycles. The topological polar surface area (TPSA) is 41.6 Å². The van der Waals surface area contributed by atoms with Gasteiger partial charge in [0, 0.05) is 13.1 Å². The molecule has 3 nitrogen and oxygen atoms in total. The lowest BCUT2D eigenvalue weighted by atomic mass is 9.89. The Morgan fingerprint density at radius 1 is 1.06 bits per heavy atom. The summed E-state index contributed by atoms with van der Waals surface area (Å²) in [6.07, 6.45) is 9.03. The van der Waals surface area contributed by atoms with Gasteiger partial charge in [0.05, 0.1) is 6.04 Å². The molecular formula is C15H29N3. The van der Waals surface area contributed by atoms with Crippen LogP contribution >= 0.6 is 0 Å². The lowest BCUT2D eigenvalue weighted by molar-refractivity contribution is 0.339. The first-order valence-corrected chi connectivity index (χ1v) is 7.75. The summed E-state index contributed by atoms with van der Waals surface area (Å²) in [7, 11) is 0. The molecule has 1 unspecified atom stereocenters. The average Bonchev–Trinajstić information content (AvgIpc) is 2.70. The van der Waals surface area contributed by atoms with Gasteiger partial charge in [-0.05, 0) is 43.9 Å². The molecule has 1 saturated heterocycles. The highest BCUT2D eigenvalue weighted by Gasteiger charge is 2.21. The van der Waals surface area contributed by atoms with Gasteiger partial charge in [-0.1, -0.05) is 26.7 Å². The Hall–Kier alpha value is -0.730. The molecule has 1 atom stereocenters. The third-order valence-electron chi connectivity index (χ3n) is 4.68. The van der Waals surface area contributed by atoms with E-state index in [4.69, 9.17) is 10.7 Å².